The third kappa shape index (κ3) is 3.41. The number of benzene rings is 7. The van der Waals surface area contributed by atoms with Crippen molar-refractivity contribution in [1.82, 2.24) is 0 Å². The summed E-state index contributed by atoms with van der Waals surface area (Å²) in [6, 6.07) is 10.9. The highest BCUT2D eigenvalue weighted by Crippen LogP contribution is 2.47. The summed E-state index contributed by atoms with van der Waals surface area (Å²) < 4.78 is 115. The minimum atomic E-state index is -2.09. The van der Waals surface area contributed by atoms with Gasteiger partial charge < -0.3 is 0 Å². The Hall–Kier alpha value is -6.44. The van der Waals surface area contributed by atoms with Crippen molar-refractivity contribution in [3.63, 3.8) is 0 Å². The average Bonchev–Trinajstić information content (AvgIpc) is 3.09. The van der Waals surface area contributed by atoms with E-state index < -0.39 is 81.5 Å². The molecular weight excluding hydrogens is 676 g/mol. The Morgan fingerprint density at radius 3 is 0.900 bits per heavy atom. The van der Waals surface area contributed by atoms with E-state index in [-0.39, 0.29) is 55.0 Å². The number of rotatable bonds is 2. The number of imide groups is 2. The van der Waals surface area contributed by atoms with Gasteiger partial charge in [-0.3, -0.25) is 19.2 Å². The Balaban J connectivity index is 1.29. The Morgan fingerprint density at radius 2 is 0.620 bits per heavy atom. The Morgan fingerprint density at radius 1 is 0.340 bits per heavy atom. The second-order valence-electron chi connectivity index (χ2n) is 11.7. The topological polar surface area (TPSA) is 74.8 Å². The van der Waals surface area contributed by atoms with Crippen LogP contribution in [0.25, 0.3) is 43.1 Å². The largest absolute Gasteiger partial charge is 0.268 e. The molecule has 7 aromatic rings. The van der Waals surface area contributed by atoms with Crippen molar-refractivity contribution in [1.29, 1.82) is 0 Å². The molecule has 0 fully saturated rings. The van der Waals surface area contributed by atoms with Crippen LogP contribution >= 0.6 is 0 Å². The molecule has 0 unspecified atom stereocenters. The number of anilines is 2. The van der Waals surface area contributed by atoms with E-state index in [1.54, 1.807) is 0 Å². The molecule has 0 N–H and O–H groups in total. The number of carbonyl (C=O) groups is 4. The Kier molecular flexibility index (Phi) is 5.69. The number of fused-ring (bicyclic) bond motifs is 2. The highest BCUT2D eigenvalue weighted by atomic mass is 19.2. The molecule has 0 atom stereocenters. The molecule has 0 aromatic heterocycles. The van der Waals surface area contributed by atoms with Crippen molar-refractivity contribution in [2.75, 3.05) is 9.80 Å². The molecule has 0 aliphatic carbocycles. The molecule has 244 valence electrons. The summed E-state index contributed by atoms with van der Waals surface area (Å²) in [7, 11) is 0. The van der Waals surface area contributed by atoms with Crippen LogP contribution in [0, 0.1) is 46.5 Å². The third-order valence-corrected chi connectivity index (χ3v) is 9.26. The Labute approximate surface area is 271 Å². The number of hydrogen-bond donors (Lipinski definition) is 0. The summed E-state index contributed by atoms with van der Waals surface area (Å²) in [5, 5.41) is 2.43. The van der Waals surface area contributed by atoms with E-state index in [1.165, 1.54) is 48.5 Å². The van der Waals surface area contributed by atoms with E-state index in [9.17, 15) is 54.3 Å². The number of nitrogens with zero attached hydrogens (tertiary/aromatic N) is 2. The summed E-state index contributed by atoms with van der Waals surface area (Å²) in [6.07, 6.45) is 0. The number of hydrogen-bond acceptors (Lipinski definition) is 4. The number of amides is 4. The zero-order valence-electron chi connectivity index (χ0n) is 24.3. The first-order valence-electron chi connectivity index (χ1n) is 14.5. The Bertz CT molecular complexity index is 2540. The standard InChI is InChI=1S/C36H10F8N2O4/c37-19-9-21(39)31(29(43)27(19)41)45-33(47)15-5-1-11-12-2-6-17-26-18(36(50)46(35(17)49)32-22(40)10-20(38)28(42)30(32)44)8-4-14(24(12)26)13-3-7-16(34(45)48)25(15)23(11)13/h1-10H. The molecule has 7 aromatic carbocycles. The van der Waals surface area contributed by atoms with Gasteiger partial charge in [0.25, 0.3) is 23.6 Å². The first kappa shape index (κ1) is 29.7. The minimum Gasteiger partial charge on any atom is -0.268 e. The quantitative estimate of drug-likeness (QED) is 0.0457. The van der Waals surface area contributed by atoms with E-state index in [1.807, 2.05) is 0 Å². The maximum atomic E-state index is 14.8. The SMILES string of the molecule is O=C1c2ccc3c4ccc5c6c(ccc(c7ccc(c2c37)C(=O)N1c1c(F)cc(F)c(F)c1F)c64)C(=O)N(c1c(F)cc(F)c(F)c1F)C5=O. The summed E-state index contributed by atoms with van der Waals surface area (Å²) in [5.74, 6) is -20.3. The van der Waals surface area contributed by atoms with Crippen molar-refractivity contribution in [2.24, 2.45) is 0 Å². The molecular formula is C36H10F8N2O4. The molecule has 0 radical (unpaired) electrons. The highest BCUT2D eigenvalue weighted by Gasteiger charge is 2.41. The molecule has 0 spiro atoms. The second-order valence-corrected chi connectivity index (χ2v) is 11.7. The summed E-state index contributed by atoms with van der Waals surface area (Å²) >= 11 is 0. The molecule has 50 heavy (non-hydrogen) atoms. The van der Waals surface area contributed by atoms with Crippen LogP contribution in [0.4, 0.5) is 46.5 Å². The zero-order valence-corrected chi connectivity index (χ0v) is 24.3. The number of halogens is 8. The predicted molar refractivity (Wildman–Crippen MR) is 162 cm³/mol. The summed E-state index contributed by atoms with van der Waals surface area (Å²) in [4.78, 5) is 55.0. The fraction of sp³-hybridized carbons (Fsp3) is 0. The second kappa shape index (κ2) is 9.59. The van der Waals surface area contributed by atoms with Crippen molar-refractivity contribution >= 4 is 78.1 Å². The smallest absolute Gasteiger partial charge is 0.266 e. The van der Waals surface area contributed by atoms with Crippen LogP contribution in [-0.2, 0) is 0 Å². The normalized spacial score (nSPS) is 14.5. The molecule has 0 saturated carbocycles. The van der Waals surface area contributed by atoms with Gasteiger partial charge in [-0.15, -0.1) is 0 Å². The highest BCUT2D eigenvalue weighted by molar-refractivity contribution is 6.45. The molecule has 0 saturated heterocycles. The molecule has 4 amide bonds. The first-order valence-corrected chi connectivity index (χ1v) is 14.5. The third-order valence-electron chi connectivity index (χ3n) is 9.26. The summed E-state index contributed by atoms with van der Waals surface area (Å²) in [5.41, 5.74) is -3.59. The lowest BCUT2D eigenvalue weighted by atomic mass is 9.82. The molecule has 0 bridgehead atoms. The van der Waals surface area contributed by atoms with Crippen molar-refractivity contribution < 1.29 is 54.3 Å². The van der Waals surface area contributed by atoms with Gasteiger partial charge in [0.15, 0.2) is 46.5 Å². The monoisotopic (exact) mass is 686 g/mol. The van der Waals surface area contributed by atoms with Crippen molar-refractivity contribution in [3.8, 4) is 0 Å². The lowest BCUT2D eigenvalue weighted by Crippen LogP contribution is -2.42. The fourth-order valence-electron chi connectivity index (χ4n) is 7.20. The van der Waals surface area contributed by atoms with Gasteiger partial charge in [-0.05, 0) is 56.6 Å². The van der Waals surface area contributed by atoms with Gasteiger partial charge in [-0.1, -0.05) is 24.3 Å². The lowest BCUT2D eigenvalue weighted by molar-refractivity contribution is 0.0875. The van der Waals surface area contributed by atoms with Crippen LogP contribution < -0.4 is 9.80 Å². The van der Waals surface area contributed by atoms with Crippen LogP contribution in [0.1, 0.15) is 41.4 Å². The van der Waals surface area contributed by atoms with Crippen LogP contribution in [-0.4, -0.2) is 23.6 Å². The zero-order chi connectivity index (χ0) is 35.2. The average molecular weight is 686 g/mol. The first-order chi connectivity index (χ1) is 23.8. The molecule has 6 nitrogen and oxygen atoms in total. The lowest BCUT2D eigenvalue weighted by Gasteiger charge is -2.30. The molecule has 2 aliphatic heterocycles. The molecule has 9 rings (SSSR count). The maximum absolute atomic E-state index is 14.8. The fourth-order valence-corrected chi connectivity index (χ4v) is 7.20. The van der Waals surface area contributed by atoms with E-state index in [0.717, 1.165) is 0 Å². The van der Waals surface area contributed by atoms with Crippen LogP contribution in [0.3, 0.4) is 0 Å². The van der Waals surface area contributed by atoms with E-state index >= 15 is 0 Å². The number of carbonyl (C=O) groups excluding carboxylic acids is 4. The molecule has 2 heterocycles. The van der Waals surface area contributed by atoms with Gasteiger partial charge in [-0.2, -0.15) is 0 Å². The van der Waals surface area contributed by atoms with E-state index in [0.29, 0.717) is 32.3 Å². The summed E-state index contributed by atoms with van der Waals surface area (Å²) in [6.45, 7) is 0. The van der Waals surface area contributed by atoms with E-state index in [4.69, 9.17) is 0 Å². The van der Waals surface area contributed by atoms with Crippen LogP contribution in [0.2, 0.25) is 0 Å². The molecule has 14 heteroatoms. The van der Waals surface area contributed by atoms with Crippen molar-refractivity contribution in [2.45, 2.75) is 0 Å². The van der Waals surface area contributed by atoms with Crippen LogP contribution in [0.15, 0.2) is 60.7 Å². The van der Waals surface area contributed by atoms with Gasteiger partial charge in [-0.25, -0.2) is 44.9 Å². The van der Waals surface area contributed by atoms with Gasteiger partial charge in [0.1, 0.15) is 11.4 Å². The minimum absolute atomic E-state index is 0.0124. The maximum Gasteiger partial charge on any atom is 0.266 e. The predicted octanol–water partition coefficient (Wildman–Crippen LogP) is 8.45. The van der Waals surface area contributed by atoms with Gasteiger partial charge >= 0.3 is 0 Å². The van der Waals surface area contributed by atoms with Gasteiger partial charge in [0, 0.05) is 45.2 Å². The van der Waals surface area contributed by atoms with Crippen LogP contribution in [0.5, 0.6) is 0 Å². The van der Waals surface area contributed by atoms with Gasteiger partial charge in [0.2, 0.25) is 0 Å². The van der Waals surface area contributed by atoms with Crippen molar-refractivity contribution in [3.05, 3.63) is 129 Å². The molecule has 2 aliphatic rings. The van der Waals surface area contributed by atoms with Gasteiger partial charge in [0.05, 0.1) is 0 Å². The van der Waals surface area contributed by atoms with E-state index in [2.05, 4.69) is 0 Å².